The van der Waals surface area contributed by atoms with Gasteiger partial charge in [0, 0.05) is 0 Å². The van der Waals surface area contributed by atoms with Gasteiger partial charge in [-0.15, -0.1) is 10.3 Å². The zero-order valence-electron chi connectivity index (χ0n) is 8.67. The largest absolute Gasteiger partial charge is 0.297 e. The van der Waals surface area contributed by atoms with Crippen LogP contribution in [0.3, 0.4) is 0 Å². The number of alkyl halides is 2. The molecule has 2 atom stereocenters. The molecule has 1 radical (unpaired) electrons. The number of Topliss-reactive ketones (excluding diaryl/α,β-unsaturated/α-hetero) is 1. The van der Waals surface area contributed by atoms with Crippen LogP contribution in [-0.4, -0.2) is 31.6 Å². The highest BCUT2D eigenvalue weighted by Crippen LogP contribution is 2.41. The lowest BCUT2D eigenvalue weighted by atomic mass is 9.81. The van der Waals surface area contributed by atoms with Crippen molar-refractivity contribution in [2.75, 3.05) is 0 Å². The van der Waals surface area contributed by atoms with Crippen molar-refractivity contribution in [1.29, 1.82) is 0 Å². The highest BCUT2D eigenvalue weighted by molar-refractivity contribution is 9.10. The van der Waals surface area contributed by atoms with Crippen LogP contribution in [0.1, 0.15) is 27.7 Å². The molecule has 81 valence electrons. The quantitative estimate of drug-likeness (QED) is 0.640. The minimum atomic E-state index is -0.704. The summed E-state index contributed by atoms with van der Waals surface area (Å²) in [6, 6.07) is 0. The second kappa shape index (κ2) is 3.54. The second-order valence-electron chi connectivity index (χ2n) is 4.73. The van der Waals surface area contributed by atoms with Gasteiger partial charge in [0.25, 0.3) is 0 Å². The van der Waals surface area contributed by atoms with E-state index in [1.807, 2.05) is 0 Å². The van der Waals surface area contributed by atoms with Crippen LogP contribution < -0.4 is 0 Å². The Labute approximate surface area is 101 Å². The van der Waals surface area contributed by atoms with Gasteiger partial charge in [-0.05, 0) is 27.7 Å². The fourth-order valence-corrected chi connectivity index (χ4v) is 3.03. The first-order chi connectivity index (χ1) is 6.13. The van der Waals surface area contributed by atoms with Gasteiger partial charge in [-0.25, -0.2) is 0 Å². The first kappa shape index (κ1) is 12.6. The van der Waals surface area contributed by atoms with E-state index in [9.17, 15) is 10.0 Å². The molecule has 5 heteroatoms. The van der Waals surface area contributed by atoms with Crippen LogP contribution in [0.4, 0.5) is 0 Å². The lowest BCUT2D eigenvalue weighted by Crippen LogP contribution is -2.69. The monoisotopic (exact) mass is 326 g/mol. The van der Waals surface area contributed by atoms with E-state index in [2.05, 4.69) is 31.9 Å². The molecule has 1 fully saturated rings. The minimum Gasteiger partial charge on any atom is -0.297 e. The van der Waals surface area contributed by atoms with E-state index in [-0.39, 0.29) is 5.78 Å². The molecule has 3 nitrogen and oxygen atoms in total. The Morgan fingerprint density at radius 1 is 1.07 bits per heavy atom. The van der Waals surface area contributed by atoms with Crippen molar-refractivity contribution in [3.05, 3.63) is 0 Å². The maximum atomic E-state index is 12.0. The molecule has 0 aliphatic carbocycles. The molecule has 2 unspecified atom stereocenters. The third kappa shape index (κ3) is 1.58. The third-order valence-electron chi connectivity index (χ3n) is 2.79. The van der Waals surface area contributed by atoms with Gasteiger partial charge in [0.2, 0.25) is 0 Å². The van der Waals surface area contributed by atoms with Gasteiger partial charge >= 0.3 is 0 Å². The topological polar surface area (TPSA) is 40.2 Å². The number of rotatable bonds is 0. The van der Waals surface area contributed by atoms with E-state index < -0.39 is 20.7 Å². The Balaban J connectivity index is 3.15. The molecule has 1 saturated heterocycles. The normalized spacial score (nSPS) is 37.2. The molecule has 0 aromatic rings. The number of nitrogens with zero attached hydrogens (tertiary/aromatic N) is 1. The highest BCUT2D eigenvalue weighted by atomic mass is 79.9. The maximum absolute atomic E-state index is 12.0. The Morgan fingerprint density at radius 2 is 1.36 bits per heavy atom. The van der Waals surface area contributed by atoms with Gasteiger partial charge in [-0.2, -0.15) is 0 Å². The number of carbonyl (C=O) groups excluding carboxylic acids is 1. The van der Waals surface area contributed by atoms with Gasteiger partial charge in [0.05, 0.1) is 20.7 Å². The summed E-state index contributed by atoms with van der Waals surface area (Å²) < 4.78 is 0. The third-order valence-corrected chi connectivity index (χ3v) is 5.93. The van der Waals surface area contributed by atoms with Crippen LogP contribution in [0.2, 0.25) is 0 Å². The smallest absolute Gasteiger partial charge is 0.163 e. The van der Waals surface area contributed by atoms with Crippen LogP contribution in [0, 0.1) is 0 Å². The molecule has 1 aliphatic heterocycles. The lowest BCUT2D eigenvalue weighted by molar-refractivity contribution is -0.275. The predicted octanol–water partition coefficient (Wildman–Crippen LogP) is 2.30. The van der Waals surface area contributed by atoms with Gasteiger partial charge in [0.15, 0.2) is 5.78 Å². The van der Waals surface area contributed by atoms with E-state index in [4.69, 9.17) is 0 Å². The second-order valence-corrected chi connectivity index (χ2v) is 6.56. The fraction of sp³-hybridized carbons (Fsp3) is 0.889. The van der Waals surface area contributed by atoms with Crippen LogP contribution in [0.5, 0.6) is 0 Å². The molecular formula is C9H14Br2NO2. The number of hydroxylamine groups is 2. The summed E-state index contributed by atoms with van der Waals surface area (Å²) in [6.07, 6.45) is 0. The zero-order valence-corrected chi connectivity index (χ0v) is 11.8. The summed E-state index contributed by atoms with van der Waals surface area (Å²) in [6.45, 7) is 7.10. The molecule has 1 heterocycles. The van der Waals surface area contributed by atoms with Crippen molar-refractivity contribution in [2.24, 2.45) is 0 Å². The Bertz CT molecular complexity index is 242. The Morgan fingerprint density at radius 3 is 1.64 bits per heavy atom. The van der Waals surface area contributed by atoms with Gasteiger partial charge in [-0.1, -0.05) is 31.9 Å². The Hall–Kier alpha value is 0.550. The number of hydrogen-bond acceptors (Lipinski definition) is 2. The summed E-state index contributed by atoms with van der Waals surface area (Å²) in [5, 5.41) is 13.0. The maximum Gasteiger partial charge on any atom is 0.163 e. The van der Waals surface area contributed by atoms with Crippen molar-refractivity contribution < 1.29 is 10.0 Å². The Kier molecular flexibility index (Phi) is 3.19. The van der Waals surface area contributed by atoms with Crippen molar-refractivity contribution >= 4 is 37.6 Å². The van der Waals surface area contributed by atoms with Crippen molar-refractivity contribution in [2.45, 2.75) is 48.4 Å². The van der Waals surface area contributed by atoms with Gasteiger partial charge in [0.1, 0.15) is 0 Å². The van der Waals surface area contributed by atoms with E-state index in [0.29, 0.717) is 0 Å². The molecule has 0 aromatic carbocycles. The molecule has 0 aromatic heterocycles. The van der Waals surface area contributed by atoms with Crippen LogP contribution >= 0.6 is 31.9 Å². The molecule has 1 aliphatic rings. The van der Waals surface area contributed by atoms with E-state index in [1.165, 1.54) is 0 Å². The number of halogens is 2. The van der Waals surface area contributed by atoms with Crippen molar-refractivity contribution in [1.82, 2.24) is 5.06 Å². The first-order valence-corrected chi connectivity index (χ1v) is 6.26. The van der Waals surface area contributed by atoms with E-state index >= 15 is 0 Å². The summed E-state index contributed by atoms with van der Waals surface area (Å²) in [5.74, 6) is 0.0344. The minimum absolute atomic E-state index is 0.0344. The number of carbonyl (C=O) groups is 1. The molecule has 0 amide bonds. The fourth-order valence-electron chi connectivity index (χ4n) is 1.77. The van der Waals surface area contributed by atoms with Crippen molar-refractivity contribution in [3.63, 3.8) is 0 Å². The highest BCUT2D eigenvalue weighted by Gasteiger charge is 2.56. The van der Waals surface area contributed by atoms with Crippen LogP contribution in [0.15, 0.2) is 0 Å². The predicted molar refractivity (Wildman–Crippen MR) is 61.1 cm³/mol. The number of ketones is 1. The summed E-state index contributed by atoms with van der Waals surface area (Å²) in [7, 11) is 0. The summed E-state index contributed by atoms with van der Waals surface area (Å²) in [5.41, 5.74) is -1.41. The molecular weight excluding hydrogens is 314 g/mol. The average Bonchev–Trinajstić information content (AvgIpc) is 2.11. The average molecular weight is 328 g/mol. The summed E-state index contributed by atoms with van der Waals surface area (Å²) in [4.78, 5) is 11.0. The molecule has 0 saturated carbocycles. The van der Waals surface area contributed by atoms with E-state index in [0.717, 1.165) is 5.06 Å². The molecule has 14 heavy (non-hydrogen) atoms. The zero-order chi connectivity index (χ0) is 11.3. The number of piperidine rings is 1. The molecule has 0 spiro atoms. The van der Waals surface area contributed by atoms with Gasteiger partial charge < -0.3 is 0 Å². The van der Waals surface area contributed by atoms with Crippen molar-refractivity contribution in [3.8, 4) is 0 Å². The van der Waals surface area contributed by atoms with Crippen LogP contribution in [0.25, 0.3) is 0 Å². The van der Waals surface area contributed by atoms with Crippen LogP contribution in [-0.2, 0) is 10.0 Å². The first-order valence-electron chi connectivity index (χ1n) is 4.43. The van der Waals surface area contributed by atoms with E-state index in [1.54, 1.807) is 27.7 Å². The lowest BCUT2D eigenvalue weighted by Gasteiger charge is -2.50. The molecule has 0 N–H and O–H groups in total. The molecule has 0 bridgehead atoms. The van der Waals surface area contributed by atoms with Gasteiger partial charge in [-0.3, -0.25) is 4.79 Å². The standard InChI is InChI=1S/C9H14Br2NO2/c1-8(2)6(10)5(13)7(11)9(3,4)12(8)14/h6-7H,1-4H3. The summed E-state index contributed by atoms with van der Waals surface area (Å²) >= 11 is 6.57. The number of hydrogen-bond donors (Lipinski definition) is 0. The molecule has 1 rings (SSSR count). The SMILES string of the molecule is CC1(C)C(Br)C(=O)C(Br)C(C)(C)N1[O].